The van der Waals surface area contributed by atoms with Crippen LogP contribution in [0.25, 0.3) is 0 Å². The van der Waals surface area contributed by atoms with Crippen LogP contribution in [0.2, 0.25) is 0 Å². The van der Waals surface area contributed by atoms with Crippen molar-refractivity contribution in [3.63, 3.8) is 0 Å². The van der Waals surface area contributed by atoms with Gasteiger partial charge in [-0.05, 0) is 25.5 Å². The Kier molecular flexibility index (Phi) is 4.37. The van der Waals surface area contributed by atoms with Gasteiger partial charge in [-0.1, -0.05) is 17.7 Å². The molecule has 0 spiro atoms. The molecule has 6 nitrogen and oxygen atoms in total. The summed E-state index contributed by atoms with van der Waals surface area (Å²) in [6, 6.07) is 7.01. The van der Waals surface area contributed by atoms with Gasteiger partial charge >= 0.3 is 5.97 Å². The summed E-state index contributed by atoms with van der Waals surface area (Å²) in [7, 11) is 2.89. The Morgan fingerprint density at radius 3 is 2.14 bits per heavy atom. The smallest absolute Gasteiger partial charge is 0.382 e. The number of aromatic nitrogens is 2. The van der Waals surface area contributed by atoms with Crippen molar-refractivity contribution in [2.24, 2.45) is 0 Å². The lowest BCUT2D eigenvalue weighted by Gasteiger charge is -2.08. The first-order valence-electron chi connectivity index (χ1n) is 6.30. The van der Waals surface area contributed by atoms with Crippen LogP contribution in [0.1, 0.15) is 21.7 Å². The monoisotopic (exact) mass is 288 g/mol. The number of aryl methyl sites for hydroxylation is 2. The zero-order valence-electron chi connectivity index (χ0n) is 12.3. The third kappa shape index (κ3) is 3.47. The van der Waals surface area contributed by atoms with E-state index in [0.717, 1.165) is 11.1 Å². The van der Waals surface area contributed by atoms with Crippen molar-refractivity contribution in [2.75, 3.05) is 14.2 Å². The van der Waals surface area contributed by atoms with Crippen LogP contribution in [0.4, 0.5) is 0 Å². The Morgan fingerprint density at radius 2 is 1.62 bits per heavy atom. The molecular weight excluding hydrogens is 272 g/mol. The van der Waals surface area contributed by atoms with Crippen molar-refractivity contribution in [3.05, 3.63) is 41.2 Å². The van der Waals surface area contributed by atoms with Gasteiger partial charge in [-0.2, -0.15) is 9.97 Å². The minimum Gasteiger partial charge on any atom is -0.481 e. The third-order valence-corrected chi connectivity index (χ3v) is 2.81. The molecule has 2 aromatic rings. The van der Waals surface area contributed by atoms with E-state index < -0.39 is 5.97 Å². The van der Waals surface area contributed by atoms with Gasteiger partial charge in [0.25, 0.3) is 0 Å². The van der Waals surface area contributed by atoms with Crippen molar-refractivity contribution >= 4 is 5.97 Å². The Bertz CT molecular complexity index is 648. The van der Waals surface area contributed by atoms with Gasteiger partial charge in [-0.15, -0.1) is 0 Å². The first-order chi connectivity index (χ1) is 10.0. The average Bonchev–Trinajstić information content (AvgIpc) is 2.49. The number of nitrogens with zero attached hydrogens (tertiary/aromatic N) is 2. The standard InChI is InChI=1S/C15H16N2O4/c1-9-5-6-11(10(2)7-9)21-15(18)14-16-12(19-3)8-13(17-14)20-4/h5-8H,1-4H3. The van der Waals surface area contributed by atoms with E-state index in [0.29, 0.717) is 5.75 Å². The number of hydrogen-bond acceptors (Lipinski definition) is 6. The largest absolute Gasteiger partial charge is 0.481 e. The van der Waals surface area contributed by atoms with Gasteiger partial charge in [0.2, 0.25) is 17.6 Å². The topological polar surface area (TPSA) is 70.5 Å². The van der Waals surface area contributed by atoms with E-state index in [1.165, 1.54) is 20.3 Å². The number of esters is 1. The second-order valence-corrected chi connectivity index (χ2v) is 4.43. The van der Waals surface area contributed by atoms with Crippen molar-refractivity contribution in [2.45, 2.75) is 13.8 Å². The van der Waals surface area contributed by atoms with Gasteiger partial charge in [0.15, 0.2) is 0 Å². The van der Waals surface area contributed by atoms with Crippen molar-refractivity contribution in [1.82, 2.24) is 9.97 Å². The Hall–Kier alpha value is -2.63. The molecule has 0 amide bonds. The van der Waals surface area contributed by atoms with Crippen LogP contribution in [0.3, 0.4) is 0 Å². The Labute approximate surface area is 122 Å². The molecule has 0 aliphatic heterocycles. The summed E-state index contributed by atoms with van der Waals surface area (Å²) in [4.78, 5) is 20.0. The molecule has 21 heavy (non-hydrogen) atoms. The first kappa shape index (κ1) is 14.8. The molecule has 0 bridgehead atoms. The third-order valence-electron chi connectivity index (χ3n) is 2.81. The highest BCUT2D eigenvalue weighted by molar-refractivity contribution is 5.87. The Morgan fingerprint density at radius 1 is 1.00 bits per heavy atom. The average molecular weight is 288 g/mol. The molecule has 2 rings (SSSR count). The van der Waals surface area contributed by atoms with E-state index in [-0.39, 0.29) is 17.6 Å². The predicted molar refractivity (Wildman–Crippen MR) is 76.0 cm³/mol. The molecule has 1 heterocycles. The van der Waals surface area contributed by atoms with E-state index in [9.17, 15) is 4.79 Å². The van der Waals surface area contributed by atoms with Gasteiger partial charge in [0, 0.05) is 0 Å². The second kappa shape index (κ2) is 6.21. The van der Waals surface area contributed by atoms with E-state index in [1.807, 2.05) is 26.0 Å². The van der Waals surface area contributed by atoms with E-state index >= 15 is 0 Å². The minimum atomic E-state index is -0.667. The zero-order chi connectivity index (χ0) is 15.4. The summed E-state index contributed by atoms with van der Waals surface area (Å²) in [6.07, 6.45) is 0. The summed E-state index contributed by atoms with van der Waals surface area (Å²) in [5.41, 5.74) is 1.95. The molecule has 0 saturated carbocycles. The number of carbonyl (C=O) groups excluding carboxylic acids is 1. The van der Waals surface area contributed by atoms with Crippen LogP contribution in [0.15, 0.2) is 24.3 Å². The van der Waals surface area contributed by atoms with Crippen LogP contribution in [-0.4, -0.2) is 30.2 Å². The fourth-order valence-corrected chi connectivity index (χ4v) is 1.76. The molecule has 0 aliphatic rings. The number of hydrogen-bond donors (Lipinski definition) is 0. The van der Waals surface area contributed by atoms with Gasteiger partial charge in [0.05, 0.1) is 20.3 Å². The lowest BCUT2D eigenvalue weighted by molar-refractivity contribution is 0.0718. The molecule has 0 unspecified atom stereocenters. The van der Waals surface area contributed by atoms with Crippen molar-refractivity contribution in [3.8, 4) is 17.5 Å². The minimum absolute atomic E-state index is 0.119. The number of ether oxygens (including phenoxy) is 3. The summed E-state index contributed by atoms with van der Waals surface area (Å²) >= 11 is 0. The van der Waals surface area contributed by atoms with Crippen molar-refractivity contribution in [1.29, 1.82) is 0 Å². The molecule has 0 radical (unpaired) electrons. The second-order valence-electron chi connectivity index (χ2n) is 4.43. The van der Waals surface area contributed by atoms with Crippen LogP contribution in [0.5, 0.6) is 17.5 Å². The SMILES string of the molecule is COc1cc(OC)nc(C(=O)Oc2ccc(C)cc2C)n1. The fraction of sp³-hybridized carbons (Fsp3) is 0.267. The lowest BCUT2D eigenvalue weighted by atomic mass is 10.1. The van der Waals surface area contributed by atoms with Gasteiger partial charge in [-0.25, -0.2) is 4.79 Å². The fourth-order valence-electron chi connectivity index (χ4n) is 1.76. The molecule has 6 heteroatoms. The first-order valence-corrected chi connectivity index (χ1v) is 6.30. The molecule has 1 aromatic heterocycles. The number of carbonyl (C=O) groups is 1. The number of rotatable bonds is 4. The molecule has 1 aromatic carbocycles. The van der Waals surface area contributed by atoms with Crippen LogP contribution in [0, 0.1) is 13.8 Å². The summed E-state index contributed by atoms with van der Waals surface area (Å²) < 4.78 is 15.3. The molecule has 0 aliphatic carbocycles. The maximum absolute atomic E-state index is 12.1. The predicted octanol–water partition coefficient (Wildman–Crippen LogP) is 2.33. The summed E-state index contributed by atoms with van der Waals surface area (Å²) in [5, 5.41) is 0. The quantitative estimate of drug-likeness (QED) is 0.635. The van der Waals surface area contributed by atoms with Gasteiger partial charge < -0.3 is 14.2 Å². The van der Waals surface area contributed by atoms with E-state index in [1.54, 1.807) is 6.07 Å². The summed E-state index contributed by atoms with van der Waals surface area (Å²) in [5.74, 6) is 0.144. The maximum atomic E-state index is 12.1. The lowest BCUT2D eigenvalue weighted by Crippen LogP contribution is -2.14. The van der Waals surface area contributed by atoms with E-state index in [4.69, 9.17) is 14.2 Å². The number of benzene rings is 1. The molecular formula is C15H16N2O4. The van der Waals surface area contributed by atoms with E-state index in [2.05, 4.69) is 9.97 Å². The van der Waals surface area contributed by atoms with Gasteiger partial charge in [0.1, 0.15) is 5.75 Å². The normalized spacial score (nSPS) is 10.1. The molecule has 0 N–H and O–H groups in total. The zero-order valence-corrected chi connectivity index (χ0v) is 12.3. The highest BCUT2D eigenvalue weighted by Gasteiger charge is 2.16. The van der Waals surface area contributed by atoms with Gasteiger partial charge in [-0.3, -0.25) is 0 Å². The molecule has 110 valence electrons. The number of methoxy groups -OCH3 is 2. The van der Waals surface area contributed by atoms with Crippen molar-refractivity contribution < 1.29 is 19.0 Å². The molecule has 0 fully saturated rings. The molecule has 0 atom stereocenters. The maximum Gasteiger partial charge on any atom is 0.382 e. The van der Waals surface area contributed by atoms with Crippen LogP contribution in [-0.2, 0) is 0 Å². The van der Waals surface area contributed by atoms with Crippen LogP contribution < -0.4 is 14.2 Å². The molecule has 0 saturated heterocycles. The highest BCUT2D eigenvalue weighted by atomic mass is 16.5. The Balaban J connectivity index is 2.27. The highest BCUT2D eigenvalue weighted by Crippen LogP contribution is 2.21. The van der Waals surface area contributed by atoms with Crippen LogP contribution >= 0.6 is 0 Å². The summed E-state index contributed by atoms with van der Waals surface area (Å²) in [6.45, 7) is 3.83.